The first-order chi connectivity index (χ1) is 15.7. The summed E-state index contributed by atoms with van der Waals surface area (Å²) >= 11 is 1.29. The summed E-state index contributed by atoms with van der Waals surface area (Å²) < 4.78 is 6.59. The number of thioether (sulfide) groups is 1. The van der Waals surface area contributed by atoms with Crippen LogP contribution in [0.25, 0.3) is 11.4 Å². The van der Waals surface area contributed by atoms with Gasteiger partial charge in [-0.15, -0.1) is 0 Å². The molecule has 0 bridgehead atoms. The molecule has 0 unspecified atom stereocenters. The molecule has 33 heavy (non-hydrogen) atoms. The third-order valence-electron chi connectivity index (χ3n) is 5.37. The van der Waals surface area contributed by atoms with Crippen LogP contribution in [0.1, 0.15) is 43.4 Å². The first kappa shape index (κ1) is 22.8. The zero-order chi connectivity index (χ0) is 23.6. The highest BCUT2D eigenvalue weighted by Crippen LogP contribution is 2.26. The van der Waals surface area contributed by atoms with Crippen LogP contribution in [0.3, 0.4) is 0 Å². The molecule has 4 rings (SSSR count). The molecular formula is C25H26N4O3S. The number of rotatable bonds is 6. The number of nitrogens with zero attached hydrogens (tertiary/aromatic N) is 3. The molecule has 170 valence electrons. The van der Waals surface area contributed by atoms with Gasteiger partial charge >= 0.3 is 5.69 Å². The SMILES string of the molecule is Cc1c(SCc2nc(-c3ccc(C(C)(C)C)cc3)no2)[nH]c(=O)n(Cc2ccccc2)c1=O. The second-order valence-corrected chi connectivity index (χ2v) is 9.87. The Labute approximate surface area is 195 Å². The maximum Gasteiger partial charge on any atom is 0.329 e. The molecule has 0 aliphatic rings. The zero-order valence-electron chi connectivity index (χ0n) is 19.1. The lowest BCUT2D eigenvalue weighted by Gasteiger charge is -2.18. The lowest BCUT2D eigenvalue weighted by atomic mass is 9.87. The number of hydrogen-bond donors (Lipinski definition) is 1. The van der Waals surface area contributed by atoms with E-state index in [1.807, 2.05) is 42.5 Å². The highest BCUT2D eigenvalue weighted by atomic mass is 32.2. The number of hydrogen-bond acceptors (Lipinski definition) is 6. The highest BCUT2D eigenvalue weighted by Gasteiger charge is 2.16. The summed E-state index contributed by atoms with van der Waals surface area (Å²) in [6.07, 6.45) is 0. The summed E-state index contributed by atoms with van der Waals surface area (Å²) in [6.45, 7) is 8.42. The number of H-pyrrole nitrogens is 1. The van der Waals surface area contributed by atoms with Crippen LogP contribution in [0.4, 0.5) is 0 Å². The summed E-state index contributed by atoms with van der Waals surface area (Å²) in [7, 11) is 0. The molecule has 0 aliphatic carbocycles. The van der Waals surface area contributed by atoms with Crippen LogP contribution in [0.5, 0.6) is 0 Å². The van der Waals surface area contributed by atoms with E-state index < -0.39 is 5.69 Å². The molecule has 0 fully saturated rings. The smallest absolute Gasteiger partial charge is 0.329 e. The van der Waals surface area contributed by atoms with Crippen LogP contribution >= 0.6 is 11.8 Å². The Kier molecular flexibility index (Phi) is 6.37. The van der Waals surface area contributed by atoms with Crippen molar-refractivity contribution < 1.29 is 4.52 Å². The molecule has 0 radical (unpaired) electrons. The molecule has 2 aromatic carbocycles. The molecule has 0 amide bonds. The van der Waals surface area contributed by atoms with Crippen LogP contribution in [0, 0.1) is 6.92 Å². The quantitative estimate of drug-likeness (QED) is 0.334. The van der Waals surface area contributed by atoms with Crippen molar-refractivity contribution in [2.24, 2.45) is 0 Å². The summed E-state index contributed by atoms with van der Waals surface area (Å²) in [5.41, 5.74) is 2.79. The van der Waals surface area contributed by atoms with Crippen molar-refractivity contribution in [3.05, 3.63) is 98.0 Å². The van der Waals surface area contributed by atoms with Gasteiger partial charge in [0.1, 0.15) is 0 Å². The van der Waals surface area contributed by atoms with Crippen molar-refractivity contribution in [3.63, 3.8) is 0 Å². The van der Waals surface area contributed by atoms with Gasteiger partial charge in [-0.3, -0.25) is 9.36 Å². The number of benzene rings is 2. The van der Waals surface area contributed by atoms with Gasteiger partial charge in [0.15, 0.2) is 0 Å². The first-order valence-corrected chi connectivity index (χ1v) is 11.6. The van der Waals surface area contributed by atoms with E-state index in [0.29, 0.717) is 28.1 Å². The summed E-state index contributed by atoms with van der Waals surface area (Å²) in [5.74, 6) is 1.27. The molecular weight excluding hydrogens is 436 g/mol. The average Bonchev–Trinajstić information content (AvgIpc) is 3.27. The molecule has 2 aromatic heterocycles. The van der Waals surface area contributed by atoms with E-state index in [2.05, 4.69) is 48.0 Å². The van der Waals surface area contributed by atoms with Gasteiger partial charge in [-0.05, 0) is 23.5 Å². The Hall–Kier alpha value is -3.39. The summed E-state index contributed by atoms with van der Waals surface area (Å²) in [4.78, 5) is 32.6. The van der Waals surface area contributed by atoms with Gasteiger partial charge in [0.25, 0.3) is 5.56 Å². The largest absolute Gasteiger partial charge is 0.338 e. The predicted molar refractivity (Wildman–Crippen MR) is 130 cm³/mol. The van der Waals surface area contributed by atoms with E-state index in [1.165, 1.54) is 21.9 Å². The molecule has 0 saturated heterocycles. The molecule has 0 saturated carbocycles. The van der Waals surface area contributed by atoms with Gasteiger partial charge in [-0.25, -0.2) is 4.79 Å². The second kappa shape index (κ2) is 9.23. The monoisotopic (exact) mass is 462 g/mol. The number of aromatic nitrogens is 4. The molecule has 0 aliphatic heterocycles. The van der Waals surface area contributed by atoms with Gasteiger partial charge in [0, 0.05) is 11.1 Å². The average molecular weight is 463 g/mol. The van der Waals surface area contributed by atoms with Crippen molar-refractivity contribution in [1.29, 1.82) is 0 Å². The van der Waals surface area contributed by atoms with Crippen molar-refractivity contribution in [2.75, 3.05) is 0 Å². The predicted octanol–water partition coefficient (Wildman–Crippen LogP) is 4.53. The Bertz CT molecular complexity index is 1360. The van der Waals surface area contributed by atoms with Crippen molar-refractivity contribution in [3.8, 4) is 11.4 Å². The van der Waals surface area contributed by atoms with E-state index in [1.54, 1.807) is 6.92 Å². The molecule has 0 atom stereocenters. The Morgan fingerprint density at radius 1 is 1.03 bits per heavy atom. The van der Waals surface area contributed by atoms with E-state index in [9.17, 15) is 9.59 Å². The van der Waals surface area contributed by atoms with E-state index >= 15 is 0 Å². The third kappa shape index (κ3) is 5.17. The van der Waals surface area contributed by atoms with Crippen LogP contribution in [-0.4, -0.2) is 19.7 Å². The molecule has 4 aromatic rings. The Morgan fingerprint density at radius 2 is 1.73 bits per heavy atom. The van der Waals surface area contributed by atoms with Crippen molar-refractivity contribution in [1.82, 2.24) is 19.7 Å². The maximum absolute atomic E-state index is 12.8. The van der Waals surface area contributed by atoms with E-state index in [0.717, 1.165) is 11.1 Å². The fraction of sp³-hybridized carbons (Fsp3) is 0.280. The number of aromatic amines is 1. The Morgan fingerprint density at radius 3 is 2.39 bits per heavy atom. The molecule has 1 N–H and O–H groups in total. The molecule has 0 spiro atoms. The van der Waals surface area contributed by atoms with Gasteiger partial charge < -0.3 is 9.51 Å². The molecule has 8 heteroatoms. The second-order valence-electron chi connectivity index (χ2n) is 8.89. The van der Waals surface area contributed by atoms with Crippen molar-refractivity contribution >= 4 is 11.8 Å². The topological polar surface area (TPSA) is 93.8 Å². The van der Waals surface area contributed by atoms with Crippen LogP contribution in [-0.2, 0) is 17.7 Å². The highest BCUT2D eigenvalue weighted by molar-refractivity contribution is 7.98. The minimum Gasteiger partial charge on any atom is -0.338 e. The maximum atomic E-state index is 12.8. The van der Waals surface area contributed by atoms with Crippen LogP contribution in [0.15, 0.2) is 73.7 Å². The first-order valence-electron chi connectivity index (χ1n) is 10.7. The van der Waals surface area contributed by atoms with E-state index in [4.69, 9.17) is 4.52 Å². The Balaban J connectivity index is 1.48. The van der Waals surface area contributed by atoms with Crippen LogP contribution in [0.2, 0.25) is 0 Å². The van der Waals surface area contributed by atoms with Gasteiger partial charge in [0.05, 0.1) is 17.3 Å². The minimum atomic E-state index is -0.442. The normalized spacial score (nSPS) is 11.6. The standard InChI is InChI=1S/C25H26N4O3S/c1-16-22(27-24(31)29(23(16)30)14-17-8-6-5-7-9-17)33-15-20-26-21(28-32-20)18-10-12-19(13-11-18)25(2,3)4/h5-13H,14-15H2,1-4H3,(H,27,31). The zero-order valence-corrected chi connectivity index (χ0v) is 19.9. The minimum absolute atomic E-state index is 0.0711. The summed E-state index contributed by atoms with van der Waals surface area (Å²) in [5, 5.41) is 4.58. The van der Waals surface area contributed by atoms with E-state index in [-0.39, 0.29) is 17.5 Å². The molecule has 7 nitrogen and oxygen atoms in total. The lowest BCUT2D eigenvalue weighted by Crippen LogP contribution is -2.37. The van der Waals surface area contributed by atoms with Gasteiger partial charge in [0.2, 0.25) is 11.7 Å². The van der Waals surface area contributed by atoms with Crippen LogP contribution < -0.4 is 11.2 Å². The lowest BCUT2D eigenvalue weighted by molar-refractivity contribution is 0.391. The third-order valence-corrected chi connectivity index (χ3v) is 6.46. The number of nitrogens with one attached hydrogen (secondary N) is 1. The van der Waals surface area contributed by atoms with Gasteiger partial charge in [-0.1, -0.05) is 92.3 Å². The summed E-state index contributed by atoms with van der Waals surface area (Å²) in [6, 6.07) is 17.5. The fourth-order valence-electron chi connectivity index (χ4n) is 3.39. The fourth-order valence-corrected chi connectivity index (χ4v) is 4.24. The van der Waals surface area contributed by atoms with Crippen molar-refractivity contribution in [2.45, 2.75) is 50.4 Å². The molecule has 2 heterocycles. The van der Waals surface area contributed by atoms with Gasteiger partial charge in [-0.2, -0.15) is 4.98 Å².